The Morgan fingerprint density at radius 1 is 1.43 bits per heavy atom. The maximum absolute atomic E-state index is 13.7. The fraction of sp³-hybridized carbons (Fsp3) is 0.312. The summed E-state index contributed by atoms with van der Waals surface area (Å²) >= 11 is 1.36. The molecule has 0 bridgehead atoms. The van der Waals surface area contributed by atoms with Gasteiger partial charge in [0.05, 0.1) is 12.2 Å². The Morgan fingerprint density at radius 2 is 2.26 bits per heavy atom. The molecule has 120 valence electrons. The van der Waals surface area contributed by atoms with Crippen molar-refractivity contribution in [2.24, 2.45) is 0 Å². The summed E-state index contributed by atoms with van der Waals surface area (Å²) in [5.74, 6) is -0.619. The summed E-state index contributed by atoms with van der Waals surface area (Å²) in [5.41, 5.74) is 1.00. The number of amides is 2. The van der Waals surface area contributed by atoms with Crippen LogP contribution in [0.4, 0.5) is 4.39 Å². The van der Waals surface area contributed by atoms with Crippen molar-refractivity contribution in [3.8, 4) is 11.3 Å². The van der Waals surface area contributed by atoms with Crippen molar-refractivity contribution in [3.05, 3.63) is 40.5 Å². The fourth-order valence-corrected chi connectivity index (χ4v) is 3.21. The molecule has 0 unspecified atom stereocenters. The molecule has 3 rings (SSSR count). The quantitative estimate of drug-likeness (QED) is 0.901. The number of rotatable bonds is 4. The number of carbonyl (C=O) groups excluding carboxylic acids is 2. The van der Waals surface area contributed by atoms with Crippen LogP contribution in [0.1, 0.15) is 24.3 Å². The summed E-state index contributed by atoms with van der Waals surface area (Å²) in [7, 11) is 0. The summed E-state index contributed by atoms with van der Waals surface area (Å²) in [6.07, 6.45) is 1.84. The van der Waals surface area contributed by atoms with Gasteiger partial charge in [-0.05, 0) is 25.0 Å². The lowest BCUT2D eigenvalue weighted by atomic mass is 10.0. The highest BCUT2D eigenvalue weighted by Gasteiger charge is 2.24. The topological polar surface area (TPSA) is 71.1 Å². The third-order valence-corrected chi connectivity index (χ3v) is 4.51. The van der Waals surface area contributed by atoms with Crippen molar-refractivity contribution >= 4 is 23.2 Å². The lowest BCUT2D eigenvalue weighted by molar-refractivity contribution is -0.131. The number of nitrogens with one attached hydrogen (secondary N) is 2. The molecule has 5 nitrogen and oxygen atoms in total. The molecule has 1 aromatic heterocycles. The SMILES string of the molecule is O=C1CCC[C@H](C(=O)NCc2nc(-c3ccccc3F)cs2)N1. The molecule has 2 aromatic rings. The van der Waals surface area contributed by atoms with Gasteiger partial charge in [-0.1, -0.05) is 12.1 Å². The van der Waals surface area contributed by atoms with E-state index in [1.807, 2.05) is 0 Å². The molecule has 1 saturated heterocycles. The van der Waals surface area contributed by atoms with Crippen molar-refractivity contribution in [1.29, 1.82) is 0 Å². The van der Waals surface area contributed by atoms with Gasteiger partial charge >= 0.3 is 0 Å². The van der Waals surface area contributed by atoms with Crippen molar-refractivity contribution in [2.75, 3.05) is 0 Å². The van der Waals surface area contributed by atoms with Crippen LogP contribution >= 0.6 is 11.3 Å². The van der Waals surface area contributed by atoms with E-state index >= 15 is 0 Å². The second-order valence-electron chi connectivity index (χ2n) is 5.34. The molecule has 2 heterocycles. The summed E-state index contributed by atoms with van der Waals surface area (Å²) in [6.45, 7) is 0.268. The van der Waals surface area contributed by atoms with Crippen molar-refractivity contribution < 1.29 is 14.0 Å². The van der Waals surface area contributed by atoms with Crippen molar-refractivity contribution in [1.82, 2.24) is 15.6 Å². The van der Waals surface area contributed by atoms with E-state index in [1.165, 1.54) is 17.4 Å². The molecule has 1 aliphatic heterocycles. The Labute approximate surface area is 136 Å². The van der Waals surface area contributed by atoms with Crippen LogP contribution in [0.2, 0.25) is 0 Å². The summed E-state index contributed by atoms with van der Waals surface area (Å²) < 4.78 is 13.7. The van der Waals surface area contributed by atoms with Crippen molar-refractivity contribution in [3.63, 3.8) is 0 Å². The maximum Gasteiger partial charge on any atom is 0.242 e. The Kier molecular flexibility index (Phi) is 4.66. The first kappa shape index (κ1) is 15.6. The van der Waals surface area contributed by atoms with E-state index in [0.29, 0.717) is 29.1 Å². The molecular weight excluding hydrogens is 317 g/mol. The molecule has 0 saturated carbocycles. The number of aromatic nitrogens is 1. The summed E-state index contributed by atoms with van der Waals surface area (Å²) in [6, 6.07) is 5.98. The number of hydrogen-bond acceptors (Lipinski definition) is 4. The largest absolute Gasteiger partial charge is 0.348 e. The van der Waals surface area contributed by atoms with Crippen molar-refractivity contribution in [2.45, 2.75) is 31.8 Å². The molecule has 1 aromatic carbocycles. The van der Waals surface area contributed by atoms with Gasteiger partial charge in [0, 0.05) is 17.4 Å². The molecular formula is C16H16FN3O2S. The molecule has 23 heavy (non-hydrogen) atoms. The third-order valence-electron chi connectivity index (χ3n) is 3.66. The zero-order chi connectivity index (χ0) is 16.2. The van der Waals surface area contributed by atoms with E-state index in [1.54, 1.807) is 23.6 Å². The number of hydrogen-bond donors (Lipinski definition) is 2. The minimum Gasteiger partial charge on any atom is -0.348 e. The van der Waals surface area contributed by atoms with Crippen LogP contribution in [0.3, 0.4) is 0 Å². The number of piperidine rings is 1. The second-order valence-corrected chi connectivity index (χ2v) is 6.28. The fourth-order valence-electron chi connectivity index (χ4n) is 2.47. The van der Waals surface area contributed by atoms with E-state index in [4.69, 9.17) is 0 Å². The molecule has 1 atom stereocenters. The number of nitrogens with zero attached hydrogens (tertiary/aromatic N) is 1. The van der Waals surface area contributed by atoms with Crippen LogP contribution in [0.5, 0.6) is 0 Å². The summed E-state index contributed by atoms with van der Waals surface area (Å²) in [5, 5.41) is 7.90. The van der Waals surface area contributed by atoms with Crippen LogP contribution in [-0.4, -0.2) is 22.8 Å². The Balaban J connectivity index is 1.60. The Hall–Kier alpha value is -2.28. The zero-order valence-electron chi connectivity index (χ0n) is 12.3. The zero-order valence-corrected chi connectivity index (χ0v) is 13.2. The van der Waals surface area contributed by atoms with Gasteiger partial charge in [-0.25, -0.2) is 9.37 Å². The smallest absolute Gasteiger partial charge is 0.242 e. The highest BCUT2D eigenvalue weighted by atomic mass is 32.1. The van der Waals surface area contributed by atoms with Crippen LogP contribution in [0.25, 0.3) is 11.3 Å². The lowest BCUT2D eigenvalue weighted by Gasteiger charge is -2.22. The van der Waals surface area contributed by atoms with Gasteiger partial charge in [0.15, 0.2) is 0 Å². The van der Waals surface area contributed by atoms with Gasteiger partial charge in [-0.3, -0.25) is 9.59 Å². The molecule has 1 aliphatic rings. The average molecular weight is 333 g/mol. The molecule has 0 radical (unpaired) electrons. The molecule has 0 aliphatic carbocycles. The Morgan fingerprint density at radius 3 is 3.04 bits per heavy atom. The monoisotopic (exact) mass is 333 g/mol. The number of benzene rings is 1. The van der Waals surface area contributed by atoms with E-state index in [-0.39, 0.29) is 24.2 Å². The van der Waals surface area contributed by atoms with E-state index in [9.17, 15) is 14.0 Å². The first-order valence-corrected chi connectivity index (χ1v) is 8.28. The minimum absolute atomic E-state index is 0.0903. The van der Waals surface area contributed by atoms with Crippen LogP contribution in [0.15, 0.2) is 29.6 Å². The highest BCUT2D eigenvalue weighted by Crippen LogP contribution is 2.24. The van der Waals surface area contributed by atoms with E-state index < -0.39 is 6.04 Å². The van der Waals surface area contributed by atoms with Crippen LogP contribution in [0, 0.1) is 5.82 Å². The maximum atomic E-state index is 13.7. The number of carbonyl (C=O) groups is 2. The molecule has 2 amide bonds. The predicted octanol–water partition coefficient (Wildman–Crippen LogP) is 2.23. The highest BCUT2D eigenvalue weighted by molar-refractivity contribution is 7.09. The van der Waals surface area contributed by atoms with Crippen LogP contribution < -0.4 is 10.6 Å². The predicted molar refractivity (Wildman–Crippen MR) is 85.1 cm³/mol. The molecule has 2 N–H and O–H groups in total. The van der Waals surface area contributed by atoms with E-state index in [0.717, 1.165) is 6.42 Å². The number of thiazole rings is 1. The molecule has 1 fully saturated rings. The molecule has 7 heteroatoms. The standard InChI is InChI=1S/C16H16FN3O2S/c17-11-5-2-1-4-10(11)13-9-23-15(20-13)8-18-16(22)12-6-3-7-14(21)19-12/h1-2,4-5,9,12H,3,6-8H2,(H,18,22)(H,19,21)/t12-/m1/s1. The summed E-state index contributed by atoms with van der Waals surface area (Å²) in [4.78, 5) is 27.7. The van der Waals surface area contributed by atoms with Gasteiger partial charge in [0.1, 0.15) is 16.9 Å². The molecule has 0 spiro atoms. The van der Waals surface area contributed by atoms with Gasteiger partial charge in [0.2, 0.25) is 11.8 Å². The first-order valence-electron chi connectivity index (χ1n) is 7.40. The van der Waals surface area contributed by atoms with Crippen LogP contribution in [-0.2, 0) is 16.1 Å². The first-order chi connectivity index (χ1) is 11.1. The lowest BCUT2D eigenvalue weighted by Crippen LogP contribution is -2.48. The number of halogens is 1. The normalized spacial score (nSPS) is 17.6. The second kappa shape index (κ2) is 6.87. The van der Waals surface area contributed by atoms with E-state index in [2.05, 4.69) is 15.6 Å². The third kappa shape index (κ3) is 3.73. The van der Waals surface area contributed by atoms with Gasteiger partial charge < -0.3 is 10.6 Å². The average Bonchev–Trinajstić information content (AvgIpc) is 3.02. The van der Waals surface area contributed by atoms with Gasteiger partial charge in [-0.15, -0.1) is 11.3 Å². The van der Waals surface area contributed by atoms with Gasteiger partial charge in [-0.2, -0.15) is 0 Å². The van der Waals surface area contributed by atoms with Gasteiger partial charge in [0.25, 0.3) is 0 Å². The minimum atomic E-state index is -0.470. The Bertz CT molecular complexity index is 732.